The molecule has 1 rings (SSSR count). The Kier molecular flexibility index (Phi) is 7.53. The highest BCUT2D eigenvalue weighted by Crippen LogP contribution is 2.31. The standard InChI is InChI=1S/C12H21BrN2O2S2/c1-3-5-6-7-15-19(16,17)11-8-10(9-14-4-2)18-12(11)13/h8,14-15H,3-7,9H2,1-2H3. The van der Waals surface area contributed by atoms with Crippen molar-refractivity contribution in [2.45, 2.75) is 44.6 Å². The first-order valence-electron chi connectivity index (χ1n) is 6.49. The first-order chi connectivity index (χ1) is 9.01. The van der Waals surface area contributed by atoms with Gasteiger partial charge in [0, 0.05) is 18.0 Å². The molecular weight excluding hydrogens is 348 g/mol. The van der Waals surface area contributed by atoms with Gasteiger partial charge in [0.2, 0.25) is 10.0 Å². The largest absolute Gasteiger partial charge is 0.312 e. The van der Waals surface area contributed by atoms with Gasteiger partial charge in [0.25, 0.3) is 0 Å². The van der Waals surface area contributed by atoms with Crippen LogP contribution in [0.1, 0.15) is 38.0 Å². The summed E-state index contributed by atoms with van der Waals surface area (Å²) in [6, 6.07) is 1.74. The molecular formula is C12H21BrN2O2S2. The summed E-state index contributed by atoms with van der Waals surface area (Å²) in [5, 5.41) is 3.19. The van der Waals surface area contributed by atoms with Crippen molar-refractivity contribution in [2.24, 2.45) is 0 Å². The van der Waals surface area contributed by atoms with Crippen LogP contribution in [-0.4, -0.2) is 21.5 Å². The van der Waals surface area contributed by atoms with E-state index in [1.807, 2.05) is 6.92 Å². The van der Waals surface area contributed by atoms with Crippen molar-refractivity contribution in [1.29, 1.82) is 0 Å². The second-order valence-corrected chi connectivity index (χ2v) is 8.43. The van der Waals surface area contributed by atoms with E-state index in [4.69, 9.17) is 0 Å². The van der Waals surface area contributed by atoms with Gasteiger partial charge in [-0.1, -0.05) is 26.7 Å². The van der Waals surface area contributed by atoms with Gasteiger partial charge in [0.15, 0.2) is 0 Å². The van der Waals surface area contributed by atoms with E-state index >= 15 is 0 Å². The maximum atomic E-state index is 12.1. The molecule has 1 heterocycles. The fourth-order valence-corrected chi connectivity index (χ4v) is 5.30. The summed E-state index contributed by atoms with van der Waals surface area (Å²) in [6.45, 7) is 6.19. The van der Waals surface area contributed by atoms with Crippen LogP contribution in [0.5, 0.6) is 0 Å². The number of halogens is 1. The smallest absolute Gasteiger partial charge is 0.242 e. The Hall–Kier alpha value is 0.0500. The number of nitrogens with one attached hydrogen (secondary N) is 2. The first-order valence-corrected chi connectivity index (χ1v) is 9.59. The summed E-state index contributed by atoms with van der Waals surface area (Å²) < 4.78 is 27.6. The molecule has 0 bridgehead atoms. The Labute approximate surface area is 128 Å². The summed E-state index contributed by atoms with van der Waals surface area (Å²) in [4.78, 5) is 1.37. The molecule has 0 unspecified atom stereocenters. The zero-order valence-corrected chi connectivity index (χ0v) is 14.5. The second-order valence-electron chi connectivity index (χ2n) is 4.24. The normalized spacial score (nSPS) is 11.9. The van der Waals surface area contributed by atoms with Gasteiger partial charge in [-0.25, -0.2) is 13.1 Å². The van der Waals surface area contributed by atoms with E-state index in [2.05, 4.69) is 32.9 Å². The third-order valence-electron chi connectivity index (χ3n) is 2.62. The molecule has 0 aliphatic rings. The monoisotopic (exact) mass is 368 g/mol. The highest BCUT2D eigenvalue weighted by Gasteiger charge is 2.20. The highest BCUT2D eigenvalue weighted by atomic mass is 79.9. The quantitative estimate of drug-likeness (QED) is 0.658. The van der Waals surface area contributed by atoms with Gasteiger partial charge in [0.05, 0.1) is 3.79 Å². The van der Waals surface area contributed by atoms with E-state index in [-0.39, 0.29) is 0 Å². The van der Waals surface area contributed by atoms with Crippen LogP contribution in [0.2, 0.25) is 0 Å². The number of sulfonamides is 1. The van der Waals surface area contributed by atoms with Crippen molar-refractivity contribution in [3.8, 4) is 0 Å². The zero-order valence-electron chi connectivity index (χ0n) is 11.3. The summed E-state index contributed by atoms with van der Waals surface area (Å²) in [7, 11) is -3.39. The van der Waals surface area contributed by atoms with Gasteiger partial charge in [-0.3, -0.25) is 0 Å². The average molecular weight is 369 g/mol. The van der Waals surface area contributed by atoms with Gasteiger partial charge in [-0.05, 0) is 35.0 Å². The minimum absolute atomic E-state index is 0.349. The topological polar surface area (TPSA) is 58.2 Å². The molecule has 0 fully saturated rings. The highest BCUT2D eigenvalue weighted by molar-refractivity contribution is 9.11. The number of rotatable bonds is 9. The fourth-order valence-electron chi connectivity index (χ4n) is 1.58. The van der Waals surface area contributed by atoms with Crippen LogP contribution < -0.4 is 10.0 Å². The molecule has 0 saturated heterocycles. The molecule has 19 heavy (non-hydrogen) atoms. The number of unbranched alkanes of at least 4 members (excludes halogenated alkanes) is 2. The third-order valence-corrected chi connectivity index (χ3v) is 6.33. The molecule has 0 spiro atoms. The Balaban J connectivity index is 2.69. The van der Waals surface area contributed by atoms with E-state index in [9.17, 15) is 8.42 Å². The molecule has 110 valence electrons. The van der Waals surface area contributed by atoms with Crippen molar-refractivity contribution < 1.29 is 8.42 Å². The van der Waals surface area contributed by atoms with Crippen molar-refractivity contribution in [3.05, 3.63) is 14.7 Å². The van der Waals surface area contributed by atoms with Crippen molar-refractivity contribution in [3.63, 3.8) is 0 Å². The molecule has 2 N–H and O–H groups in total. The van der Waals surface area contributed by atoms with Gasteiger partial charge in [0.1, 0.15) is 4.90 Å². The SMILES string of the molecule is CCCCCNS(=O)(=O)c1cc(CNCC)sc1Br. The molecule has 0 saturated carbocycles. The van der Waals surface area contributed by atoms with Gasteiger partial charge < -0.3 is 5.32 Å². The molecule has 1 aromatic heterocycles. The maximum absolute atomic E-state index is 12.1. The molecule has 0 aromatic carbocycles. The molecule has 4 nitrogen and oxygen atoms in total. The van der Waals surface area contributed by atoms with Crippen LogP contribution in [0.15, 0.2) is 14.7 Å². The lowest BCUT2D eigenvalue weighted by Gasteiger charge is -2.04. The number of thiophene rings is 1. The molecule has 7 heteroatoms. The van der Waals surface area contributed by atoms with Crippen molar-refractivity contribution in [2.75, 3.05) is 13.1 Å². The van der Waals surface area contributed by atoms with E-state index < -0.39 is 10.0 Å². The van der Waals surface area contributed by atoms with Crippen LogP contribution in [-0.2, 0) is 16.6 Å². The number of hydrogen-bond acceptors (Lipinski definition) is 4. The summed E-state index contributed by atoms with van der Waals surface area (Å²) >= 11 is 4.80. The Morgan fingerprint density at radius 3 is 2.68 bits per heavy atom. The minimum atomic E-state index is -3.39. The molecule has 0 aliphatic heterocycles. The molecule has 0 aliphatic carbocycles. The van der Waals surface area contributed by atoms with Crippen LogP contribution in [0, 0.1) is 0 Å². The third kappa shape index (κ3) is 5.51. The lowest BCUT2D eigenvalue weighted by molar-refractivity contribution is 0.576. The van der Waals surface area contributed by atoms with Crippen LogP contribution in [0.3, 0.4) is 0 Å². The lowest BCUT2D eigenvalue weighted by Crippen LogP contribution is -2.24. The Morgan fingerprint density at radius 2 is 2.05 bits per heavy atom. The van der Waals surface area contributed by atoms with Crippen LogP contribution in [0.25, 0.3) is 0 Å². The zero-order chi connectivity index (χ0) is 14.3. The van der Waals surface area contributed by atoms with Gasteiger partial charge >= 0.3 is 0 Å². The molecule has 1 aromatic rings. The maximum Gasteiger partial charge on any atom is 0.242 e. The minimum Gasteiger partial charge on any atom is -0.312 e. The fraction of sp³-hybridized carbons (Fsp3) is 0.667. The van der Waals surface area contributed by atoms with Gasteiger partial charge in [-0.2, -0.15) is 0 Å². The van der Waals surface area contributed by atoms with Crippen LogP contribution in [0.4, 0.5) is 0 Å². The average Bonchev–Trinajstić information content (AvgIpc) is 2.74. The van der Waals surface area contributed by atoms with Crippen LogP contribution >= 0.6 is 27.3 Å². The summed E-state index contributed by atoms with van der Waals surface area (Å²) in [5.74, 6) is 0. The van der Waals surface area contributed by atoms with E-state index in [1.54, 1.807) is 6.07 Å². The molecule has 0 atom stereocenters. The Bertz CT molecular complexity index is 486. The first kappa shape index (κ1) is 17.1. The van der Waals surface area contributed by atoms with Gasteiger partial charge in [-0.15, -0.1) is 11.3 Å². The van der Waals surface area contributed by atoms with E-state index in [0.29, 0.717) is 21.8 Å². The lowest BCUT2D eigenvalue weighted by atomic mass is 10.3. The molecule has 0 amide bonds. The number of hydrogen-bond donors (Lipinski definition) is 2. The summed E-state index contributed by atoms with van der Waals surface area (Å²) in [6.07, 6.45) is 3.00. The van der Waals surface area contributed by atoms with E-state index in [0.717, 1.165) is 30.7 Å². The second kappa shape index (κ2) is 8.36. The predicted octanol–water partition coefficient (Wildman–Crippen LogP) is 3.09. The Morgan fingerprint density at radius 1 is 1.32 bits per heavy atom. The van der Waals surface area contributed by atoms with Crippen molar-refractivity contribution >= 4 is 37.3 Å². The van der Waals surface area contributed by atoms with Crippen molar-refractivity contribution in [1.82, 2.24) is 10.0 Å². The van der Waals surface area contributed by atoms with E-state index in [1.165, 1.54) is 11.3 Å². The summed E-state index contributed by atoms with van der Waals surface area (Å²) in [5.41, 5.74) is 0. The predicted molar refractivity (Wildman–Crippen MR) is 84.1 cm³/mol. The molecule has 0 radical (unpaired) electrons.